The summed E-state index contributed by atoms with van der Waals surface area (Å²) >= 11 is 5.74. The highest BCUT2D eigenvalue weighted by atomic mass is 35.5. The van der Waals surface area contributed by atoms with Gasteiger partial charge in [-0.3, -0.25) is 24.1 Å². The van der Waals surface area contributed by atoms with Gasteiger partial charge in [0.25, 0.3) is 0 Å². The number of alkyl halides is 1. The van der Waals surface area contributed by atoms with Gasteiger partial charge in [-0.25, -0.2) is 4.39 Å². The van der Waals surface area contributed by atoms with Gasteiger partial charge in [-0.2, -0.15) is 0 Å². The summed E-state index contributed by atoms with van der Waals surface area (Å²) in [5.74, 6) is -1.76. The van der Waals surface area contributed by atoms with Crippen LogP contribution in [0.3, 0.4) is 0 Å². The number of halogens is 2. The number of esters is 1. The van der Waals surface area contributed by atoms with Crippen LogP contribution in [0, 0.1) is 29.5 Å². The summed E-state index contributed by atoms with van der Waals surface area (Å²) in [6.45, 7) is -0.0404. The Morgan fingerprint density at radius 1 is 1.10 bits per heavy atom. The highest BCUT2D eigenvalue weighted by Crippen LogP contribution is 2.56. The molecule has 0 unspecified atom stereocenters. The van der Waals surface area contributed by atoms with E-state index in [0.717, 1.165) is 31.4 Å². The topological polar surface area (TPSA) is 80.8 Å². The molecule has 4 rings (SSSR count). The van der Waals surface area contributed by atoms with Gasteiger partial charge in [0.15, 0.2) is 6.10 Å². The molecule has 2 saturated carbocycles. The van der Waals surface area contributed by atoms with E-state index in [2.05, 4.69) is 0 Å². The SMILES string of the molecule is O=C(CCN1C(=O)[C@@H]2[C@H]3CC[C@@H](C3)[C@H]2C1=O)O[C@H](CCCl)C(=O)c1ccc(F)cc1. The molecule has 2 aliphatic carbocycles. The van der Waals surface area contributed by atoms with Crippen LogP contribution in [0.15, 0.2) is 24.3 Å². The second-order valence-electron chi connectivity index (χ2n) is 8.29. The maximum absolute atomic E-state index is 13.1. The second kappa shape index (κ2) is 8.46. The van der Waals surface area contributed by atoms with Crippen LogP contribution < -0.4 is 0 Å². The lowest BCUT2D eigenvalue weighted by molar-refractivity contribution is -0.148. The van der Waals surface area contributed by atoms with Gasteiger partial charge >= 0.3 is 5.97 Å². The van der Waals surface area contributed by atoms with Crippen molar-refractivity contribution in [1.82, 2.24) is 4.90 Å². The Hall–Kier alpha value is -2.28. The largest absolute Gasteiger partial charge is 0.454 e. The molecule has 6 nitrogen and oxygen atoms in total. The van der Waals surface area contributed by atoms with Crippen molar-refractivity contribution in [3.8, 4) is 0 Å². The van der Waals surface area contributed by atoms with Gasteiger partial charge in [0.1, 0.15) is 5.82 Å². The lowest BCUT2D eigenvalue weighted by atomic mass is 9.81. The van der Waals surface area contributed by atoms with Gasteiger partial charge in [0.05, 0.1) is 18.3 Å². The summed E-state index contributed by atoms with van der Waals surface area (Å²) in [7, 11) is 0. The summed E-state index contributed by atoms with van der Waals surface area (Å²) in [6.07, 6.45) is 1.77. The number of benzene rings is 1. The van der Waals surface area contributed by atoms with Gasteiger partial charge in [-0.05, 0) is 55.4 Å². The van der Waals surface area contributed by atoms with Crippen molar-refractivity contribution >= 4 is 35.2 Å². The molecule has 5 atom stereocenters. The molecule has 8 heteroatoms. The highest BCUT2D eigenvalue weighted by molar-refractivity contribution is 6.18. The number of imide groups is 1. The van der Waals surface area contributed by atoms with E-state index >= 15 is 0 Å². The van der Waals surface area contributed by atoms with Gasteiger partial charge in [0, 0.05) is 24.4 Å². The minimum Gasteiger partial charge on any atom is -0.454 e. The van der Waals surface area contributed by atoms with Crippen LogP contribution in [-0.2, 0) is 19.1 Å². The van der Waals surface area contributed by atoms with Crippen molar-refractivity contribution in [1.29, 1.82) is 0 Å². The number of Topliss-reactive ketones (excluding diaryl/α,β-unsaturated/α-hetero) is 1. The first-order valence-electron chi connectivity index (χ1n) is 10.3. The number of hydrogen-bond acceptors (Lipinski definition) is 5. The fraction of sp³-hybridized carbons (Fsp3) is 0.545. The van der Waals surface area contributed by atoms with Gasteiger partial charge in [-0.1, -0.05) is 0 Å². The van der Waals surface area contributed by atoms with Crippen molar-refractivity contribution in [3.05, 3.63) is 35.6 Å². The third kappa shape index (κ3) is 3.75. The molecule has 0 spiro atoms. The van der Waals surface area contributed by atoms with E-state index in [1.54, 1.807) is 0 Å². The van der Waals surface area contributed by atoms with E-state index in [0.29, 0.717) is 0 Å². The van der Waals surface area contributed by atoms with Crippen LogP contribution in [0.5, 0.6) is 0 Å². The molecule has 0 radical (unpaired) electrons. The number of hydrogen-bond donors (Lipinski definition) is 0. The molecule has 1 aromatic rings. The first kappa shape index (κ1) is 21.0. The zero-order valence-corrected chi connectivity index (χ0v) is 17.1. The predicted octanol–water partition coefficient (Wildman–Crippen LogP) is 2.97. The van der Waals surface area contributed by atoms with Crippen LogP contribution >= 0.6 is 11.6 Å². The minimum absolute atomic E-state index is 0.0404. The molecule has 1 aromatic carbocycles. The van der Waals surface area contributed by atoms with E-state index in [1.165, 1.54) is 17.0 Å². The number of likely N-dealkylation sites (tertiary alicyclic amines) is 1. The van der Waals surface area contributed by atoms with Crippen molar-refractivity contribution in [3.63, 3.8) is 0 Å². The average Bonchev–Trinajstić information content (AvgIpc) is 3.40. The van der Waals surface area contributed by atoms with Gasteiger partial charge in [0.2, 0.25) is 17.6 Å². The lowest BCUT2D eigenvalue weighted by Gasteiger charge is -2.19. The molecule has 160 valence electrons. The Morgan fingerprint density at radius 2 is 1.70 bits per heavy atom. The van der Waals surface area contributed by atoms with Crippen LogP contribution in [0.1, 0.15) is 42.5 Å². The van der Waals surface area contributed by atoms with E-state index in [-0.39, 0.29) is 66.3 Å². The zero-order valence-electron chi connectivity index (χ0n) is 16.4. The lowest BCUT2D eigenvalue weighted by Crippen LogP contribution is -2.36. The molecule has 3 fully saturated rings. The molecule has 2 amide bonds. The summed E-state index contributed by atoms with van der Waals surface area (Å²) in [6, 6.07) is 4.95. The van der Waals surface area contributed by atoms with Crippen molar-refractivity contribution in [2.75, 3.05) is 12.4 Å². The maximum Gasteiger partial charge on any atom is 0.308 e. The molecule has 3 aliphatic rings. The third-order valence-electron chi connectivity index (χ3n) is 6.62. The highest BCUT2D eigenvalue weighted by Gasteiger charge is 2.60. The third-order valence-corrected chi connectivity index (χ3v) is 6.84. The number of fused-ring (bicyclic) bond motifs is 5. The van der Waals surface area contributed by atoms with Crippen molar-refractivity contribution < 1.29 is 28.3 Å². The maximum atomic E-state index is 13.1. The monoisotopic (exact) mass is 435 g/mol. The van der Waals surface area contributed by atoms with E-state index in [1.807, 2.05) is 0 Å². The first-order valence-corrected chi connectivity index (χ1v) is 10.8. The van der Waals surface area contributed by atoms with E-state index < -0.39 is 23.7 Å². The smallest absolute Gasteiger partial charge is 0.308 e. The number of carbonyl (C=O) groups excluding carboxylic acids is 4. The fourth-order valence-corrected chi connectivity index (χ4v) is 5.45. The summed E-state index contributed by atoms with van der Waals surface area (Å²) < 4.78 is 18.4. The predicted molar refractivity (Wildman–Crippen MR) is 105 cm³/mol. The summed E-state index contributed by atoms with van der Waals surface area (Å²) in [5, 5.41) is 0. The number of ether oxygens (including phenoxy) is 1. The number of carbonyl (C=O) groups is 4. The Bertz CT molecular complexity index is 845. The second-order valence-corrected chi connectivity index (χ2v) is 8.67. The molecule has 0 aromatic heterocycles. The molecule has 30 heavy (non-hydrogen) atoms. The molecular weight excluding hydrogens is 413 g/mol. The number of rotatable bonds is 8. The van der Waals surface area contributed by atoms with Crippen molar-refractivity contribution in [2.24, 2.45) is 23.7 Å². The molecule has 1 aliphatic heterocycles. The van der Waals surface area contributed by atoms with Crippen LogP contribution in [0.4, 0.5) is 4.39 Å². The molecule has 1 heterocycles. The first-order chi connectivity index (χ1) is 14.4. The zero-order chi connectivity index (χ0) is 21.4. The minimum atomic E-state index is -1.10. The fourth-order valence-electron chi connectivity index (χ4n) is 5.25. The quantitative estimate of drug-likeness (QED) is 0.271. The standard InChI is InChI=1S/C22H23ClFNO5/c23-9-7-16(20(27)12-3-5-15(24)6-4-12)30-17(26)8-10-25-21(28)18-13-1-2-14(11-13)19(18)22(25)29/h3-6,13-14,16,18-19H,1-2,7-11H2/t13-,14-,16+,18+,19+/m0/s1. The normalized spacial score (nSPS) is 28.0. The van der Waals surface area contributed by atoms with Crippen LogP contribution in [0.25, 0.3) is 0 Å². The van der Waals surface area contributed by atoms with Crippen molar-refractivity contribution in [2.45, 2.75) is 38.2 Å². The van der Waals surface area contributed by atoms with Gasteiger partial charge in [-0.15, -0.1) is 11.6 Å². The number of nitrogens with zero attached hydrogens (tertiary/aromatic N) is 1. The number of amides is 2. The Morgan fingerprint density at radius 3 is 2.27 bits per heavy atom. The number of ketones is 1. The van der Waals surface area contributed by atoms with Gasteiger partial charge < -0.3 is 4.74 Å². The molecule has 1 saturated heterocycles. The van der Waals surface area contributed by atoms with Crippen LogP contribution in [0.2, 0.25) is 0 Å². The summed E-state index contributed by atoms with van der Waals surface area (Å²) in [5.41, 5.74) is 0.215. The molecular formula is C22H23ClFNO5. The van der Waals surface area contributed by atoms with E-state index in [4.69, 9.17) is 16.3 Å². The molecule has 0 N–H and O–H groups in total. The van der Waals surface area contributed by atoms with E-state index in [9.17, 15) is 23.6 Å². The van der Waals surface area contributed by atoms with Crippen LogP contribution in [-0.4, -0.2) is 47.0 Å². The molecule has 2 bridgehead atoms. The Labute approximate surface area is 178 Å². The Kier molecular flexibility index (Phi) is 5.91. The Balaban J connectivity index is 1.35. The average molecular weight is 436 g/mol. The summed E-state index contributed by atoms with van der Waals surface area (Å²) in [4.78, 5) is 51.5.